The molecule has 0 radical (unpaired) electrons. The molecule has 0 unspecified atom stereocenters. The molecule has 1 aromatic heterocycles. The van der Waals surface area contributed by atoms with Gasteiger partial charge in [-0.3, -0.25) is 19.4 Å². The van der Waals surface area contributed by atoms with Gasteiger partial charge in [-0.15, -0.1) is 0 Å². The van der Waals surface area contributed by atoms with E-state index in [4.69, 9.17) is 9.90 Å². The topological polar surface area (TPSA) is 102 Å². The number of nitrogens with zero attached hydrogens (tertiary/aromatic N) is 5. The number of hydrogen-bond donors (Lipinski definition) is 2. The second-order valence-corrected chi connectivity index (χ2v) is 7.48. The molecule has 4 heterocycles. The number of hydrogen-bond acceptors (Lipinski definition) is 7. The molecule has 3 saturated heterocycles. The lowest BCUT2D eigenvalue weighted by molar-refractivity contribution is -0.124. The van der Waals surface area contributed by atoms with Gasteiger partial charge in [0.1, 0.15) is 0 Å². The number of aromatic nitrogens is 2. The van der Waals surface area contributed by atoms with Crippen molar-refractivity contribution in [3.8, 4) is 0 Å². The summed E-state index contributed by atoms with van der Waals surface area (Å²) in [6.45, 7) is 6.18. The molecule has 0 saturated carbocycles. The van der Waals surface area contributed by atoms with Crippen LogP contribution in [-0.4, -0.2) is 95.2 Å². The quantitative estimate of drug-likeness (QED) is 0.695. The largest absolute Gasteiger partial charge is 0.483 e. The molecule has 3 aliphatic rings. The molecule has 0 spiro atoms. The molecule has 3 aliphatic heterocycles. The van der Waals surface area contributed by atoms with Gasteiger partial charge in [0.05, 0.1) is 6.54 Å². The Morgan fingerprint density at radius 1 is 1.11 bits per heavy atom. The van der Waals surface area contributed by atoms with Gasteiger partial charge in [-0.2, -0.15) is 0 Å². The zero-order valence-corrected chi connectivity index (χ0v) is 16.2. The second-order valence-electron chi connectivity index (χ2n) is 7.48. The van der Waals surface area contributed by atoms with Crippen molar-refractivity contribution in [3.63, 3.8) is 0 Å². The third-order valence-corrected chi connectivity index (χ3v) is 5.76. The fourth-order valence-electron chi connectivity index (χ4n) is 4.48. The van der Waals surface area contributed by atoms with Crippen LogP contribution in [0.15, 0.2) is 18.5 Å². The Balaban J connectivity index is 0.000000706. The molecule has 3 fully saturated rings. The highest BCUT2D eigenvalue weighted by molar-refractivity contribution is 5.78. The molecule has 9 heteroatoms. The normalized spacial score (nSPS) is 25.4. The van der Waals surface area contributed by atoms with E-state index in [1.807, 2.05) is 6.07 Å². The second kappa shape index (κ2) is 10.3. The van der Waals surface area contributed by atoms with Crippen LogP contribution >= 0.6 is 0 Å². The number of carbonyl (C=O) groups is 2. The van der Waals surface area contributed by atoms with Crippen LogP contribution in [0.4, 0.5) is 5.95 Å². The van der Waals surface area contributed by atoms with Crippen LogP contribution in [0.3, 0.4) is 0 Å². The molecule has 2 atom stereocenters. The van der Waals surface area contributed by atoms with Gasteiger partial charge in [-0.05, 0) is 44.8 Å². The third kappa shape index (κ3) is 5.39. The first-order valence-corrected chi connectivity index (χ1v) is 10.1. The lowest BCUT2D eigenvalue weighted by Crippen LogP contribution is -2.55. The highest BCUT2D eigenvalue weighted by Gasteiger charge is 2.35. The van der Waals surface area contributed by atoms with Gasteiger partial charge >= 0.3 is 0 Å². The molecule has 28 heavy (non-hydrogen) atoms. The Labute approximate surface area is 165 Å². The number of piperazine rings is 1. The SMILES string of the molecule is O=C(CN1CCN(c2ncccn2)CC1)N[C@H]1CCCN2CCC[C@@H]12.O=CO. The van der Waals surface area contributed by atoms with E-state index in [2.05, 4.69) is 30.0 Å². The zero-order valence-electron chi connectivity index (χ0n) is 16.2. The van der Waals surface area contributed by atoms with E-state index in [1.165, 1.54) is 32.4 Å². The van der Waals surface area contributed by atoms with Gasteiger partial charge in [0, 0.05) is 50.7 Å². The van der Waals surface area contributed by atoms with E-state index in [0.717, 1.165) is 38.5 Å². The van der Waals surface area contributed by atoms with Crippen LogP contribution in [0, 0.1) is 0 Å². The molecule has 0 aliphatic carbocycles. The van der Waals surface area contributed by atoms with Crippen LogP contribution in [-0.2, 0) is 9.59 Å². The van der Waals surface area contributed by atoms with Crippen LogP contribution in [0.25, 0.3) is 0 Å². The zero-order chi connectivity index (χ0) is 19.8. The molecule has 2 N–H and O–H groups in total. The molecular formula is C19H30N6O3. The van der Waals surface area contributed by atoms with Crippen LogP contribution in [0.1, 0.15) is 25.7 Å². The highest BCUT2D eigenvalue weighted by Crippen LogP contribution is 2.27. The maximum Gasteiger partial charge on any atom is 0.290 e. The maximum atomic E-state index is 12.5. The summed E-state index contributed by atoms with van der Waals surface area (Å²) in [4.78, 5) is 36.5. The fraction of sp³-hybridized carbons (Fsp3) is 0.684. The first kappa shape index (κ1) is 20.5. The minimum atomic E-state index is -0.250. The van der Waals surface area contributed by atoms with Crippen molar-refractivity contribution in [1.82, 2.24) is 25.1 Å². The van der Waals surface area contributed by atoms with Crippen molar-refractivity contribution in [2.45, 2.75) is 37.8 Å². The number of carbonyl (C=O) groups excluding carboxylic acids is 1. The van der Waals surface area contributed by atoms with Gasteiger partial charge in [-0.25, -0.2) is 9.97 Å². The molecule has 154 valence electrons. The molecule has 9 nitrogen and oxygen atoms in total. The monoisotopic (exact) mass is 390 g/mol. The Morgan fingerprint density at radius 3 is 2.43 bits per heavy atom. The number of anilines is 1. The van der Waals surface area contributed by atoms with Crippen molar-refractivity contribution < 1.29 is 14.7 Å². The average Bonchev–Trinajstić information content (AvgIpc) is 3.20. The van der Waals surface area contributed by atoms with Gasteiger partial charge in [0.15, 0.2) is 0 Å². The van der Waals surface area contributed by atoms with Gasteiger partial charge in [-0.1, -0.05) is 0 Å². The Kier molecular flexibility index (Phi) is 7.55. The van der Waals surface area contributed by atoms with Crippen molar-refractivity contribution in [1.29, 1.82) is 0 Å². The number of rotatable bonds is 4. The van der Waals surface area contributed by atoms with Crippen molar-refractivity contribution in [3.05, 3.63) is 18.5 Å². The maximum absolute atomic E-state index is 12.5. The summed E-state index contributed by atoms with van der Waals surface area (Å²) >= 11 is 0. The van der Waals surface area contributed by atoms with Gasteiger partial charge < -0.3 is 15.3 Å². The first-order chi connectivity index (χ1) is 13.7. The standard InChI is InChI=1S/C18H28N6O.CH2O2/c25-17(21-15-4-1-8-23-9-2-5-16(15)23)14-22-10-12-24(13-11-22)18-19-6-3-7-20-18;2-1-3/h3,6-7,15-16H,1-2,4-5,8-14H2,(H,21,25);1H,(H,2,3)/t15-,16-;/m0./s1. The summed E-state index contributed by atoms with van der Waals surface area (Å²) in [6.07, 6.45) is 8.40. The smallest absolute Gasteiger partial charge is 0.290 e. The molecular weight excluding hydrogens is 360 g/mol. The van der Waals surface area contributed by atoms with Crippen LogP contribution in [0.5, 0.6) is 0 Å². The summed E-state index contributed by atoms with van der Waals surface area (Å²) in [7, 11) is 0. The van der Waals surface area contributed by atoms with Gasteiger partial charge in [0.25, 0.3) is 6.47 Å². The van der Waals surface area contributed by atoms with Gasteiger partial charge in [0.2, 0.25) is 11.9 Å². The number of nitrogens with one attached hydrogen (secondary N) is 1. The lowest BCUT2D eigenvalue weighted by atomic mass is 9.96. The predicted octanol–water partition coefficient (Wildman–Crippen LogP) is 0.0424. The van der Waals surface area contributed by atoms with Crippen molar-refractivity contribution >= 4 is 18.3 Å². The molecule has 1 amide bonds. The minimum Gasteiger partial charge on any atom is -0.483 e. The van der Waals surface area contributed by atoms with E-state index in [-0.39, 0.29) is 12.4 Å². The fourth-order valence-corrected chi connectivity index (χ4v) is 4.48. The average molecular weight is 390 g/mol. The summed E-state index contributed by atoms with van der Waals surface area (Å²) in [5, 5.41) is 10.2. The summed E-state index contributed by atoms with van der Waals surface area (Å²) in [5.41, 5.74) is 0. The molecule has 4 rings (SSSR count). The molecule has 0 bridgehead atoms. The molecule has 1 aromatic rings. The number of piperidine rings is 1. The number of fused-ring (bicyclic) bond motifs is 1. The highest BCUT2D eigenvalue weighted by atomic mass is 16.3. The Bertz CT molecular complexity index is 623. The van der Waals surface area contributed by atoms with E-state index in [9.17, 15) is 4.79 Å². The van der Waals surface area contributed by atoms with E-state index >= 15 is 0 Å². The first-order valence-electron chi connectivity index (χ1n) is 10.1. The summed E-state index contributed by atoms with van der Waals surface area (Å²) < 4.78 is 0. The van der Waals surface area contributed by atoms with Crippen LogP contribution < -0.4 is 10.2 Å². The number of carboxylic acid groups (broad SMARTS) is 1. The minimum absolute atomic E-state index is 0.183. The predicted molar refractivity (Wildman–Crippen MR) is 105 cm³/mol. The Hall–Kier alpha value is -2.26. The van der Waals surface area contributed by atoms with E-state index < -0.39 is 0 Å². The summed E-state index contributed by atoms with van der Waals surface area (Å²) in [5.74, 6) is 0.971. The van der Waals surface area contributed by atoms with E-state index in [0.29, 0.717) is 18.6 Å². The van der Waals surface area contributed by atoms with E-state index in [1.54, 1.807) is 12.4 Å². The third-order valence-electron chi connectivity index (χ3n) is 5.76. The molecule has 0 aromatic carbocycles. The van der Waals surface area contributed by atoms with Crippen molar-refractivity contribution in [2.75, 3.05) is 50.7 Å². The number of amides is 1. The lowest BCUT2D eigenvalue weighted by Gasteiger charge is -2.38. The summed E-state index contributed by atoms with van der Waals surface area (Å²) in [6, 6.07) is 2.76. The van der Waals surface area contributed by atoms with Crippen molar-refractivity contribution in [2.24, 2.45) is 0 Å². The Morgan fingerprint density at radius 2 is 1.75 bits per heavy atom. The van der Waals surface area contributed by atoms with Crippen LogP contribution in [0.2, 0.25) is 0 Å².